The van der Waals surface area contributed by atoms with Crippen LogP contribution >= 0.6 is 11.6 Å². The summed E-state index contributed by atoms with van der Waals surface area (Å²) < 4.78 is 36.4. The SMILES string of the molecule is O=Cc1ccc([B-](F)(F)F)cc1Cl.[K+]. The predicted molar refractivity (Wildman–Crippen MR) is 45.6 cm³/mol. The van der Waals surface area contributed by atoms with Gasteiger partial charge < -0.3 is 12.9 Å². The molecular formula is C7H4BClF3KO. The van der Waals surface area contributed by atoms with E-state index in [1.165, 1.54) is 0 Å². The molecule has 0 atom stereocenters. The van der Waals surface area contributed by atoms with Crippen LogP contribution in [0, 0.1) is 0 Å². The predicted octanol–water partition coefficient (Wildman–Crippen LogP) is -0.789. The molecule has 0 aromatic heterocycles. The van der Waals surface area contributed by atoms with Gasteiger partial charge in [0.1, 0.15) is 0 Å². The van der Waals surface area contributed by atoms with E-state index >= 15 is 0 Å². The van der Waals surface area contributed by atoms with Gasteiger partial charge in [0.05, 0.1) is 0 Å². The van der Waals surface area contributed by atoms with E-state index in [-0.39, 0.29) is 62.0 Å². The molecule has 0 aliphatic heterocycles. The fourth-order valence-electron chi connectivity index (χ4n) is 0.843. The zero-order valence-electron chi connectivity index (χ0n) is 7.31. The fourth-order valence-corrected chi connectivity index (χ4v) is 1.08. The molecule has 0 spiro atoms. The number of hydrogen-bond donors (Lipinski definition) is 0. The maximum Gasteiger partial charge on any atom is 1.00 e. The van der Waals surface area contributed by atoms with E-state index in [0.29, 0.717) is 6.29 Å². The molecule has 70 valence electrons. The Hall–Kier alpha value is 0.671. The molecule has 1 aromatic carbocycles. The van der Waals surface area contributed by atoms with Gasteiger partial charge in [-0.15, -0.1) is 5.46 Å². The topological polar surface area (TPSA) is 17.1 Å². The van der Waals surface area contributed by atoms with E-state index in [9.17, 15) is 17.7 Å². The molecule has 0 N–H and O–H groups in total. The molecule has 0 amide bonds. The van der Waals surface area contributed by atoms with Crippen molar-refractivity contribution < 1.29 is 69.1 Å². The van der Waals surface area contributed by atoms with Crippen LogP contribution in [0.25, 0.3) is 0 Å². The van der Waals surface area contributed by atoms with Crippen molar-refractivity contribution in [1.82, 2.24) is 0 Å². The van der Waals surface area contributed by atoms with Crippen LogP contribution < -0.4 is 56.8 Å². The summed E-state index contributed by atoms with van der Waals surface area (Å²) in [4.78, 5) is 10.2. The first-order chi connectivity index (χ1) is 5.95. The normalized spacial score (nSPS) is 10.6. The number of rotatable bonds is 2. The van der Waals surface area contributed by atoms with Gasteiger partial charge in [-0.3, -0.25) is 4.79 Å². The largest absolute Gasteiger partial charge is 1.00 e. The van der Waals surface area contributed by atoms with E-state index < -0.39 is 12.4 Å². The first-order valence-electron chi connectivity index (χ1n) is 3.39. The van der Waals surface area contributed by atoms with Crippen LogP contribution in [0.4, 0.5) is 12.9 Å². The van der Waals surface area contributed by atoms with Crippen LogP contribution in [0.15, 0.2) is 18.2 Å². The van der Waals surface area contributed by atoms with Crippen molar-refractivity contribution in [3.8, 4) is 0 Å². The second-order valence-electron chi connectivity index (χ2n) is 2.47. The standard InChI is InChI=1S/C7H4BClF3O.K/c9-7-3-6(8(10,11)12)2-1-5(7)4-13;/h1-4H;/q-1;+1. The Kier molecular flexibility index (Phi) is 5.94. The number of carbonyl (C=O) groups excluding carboxylic acids is 1. The summed E-state index contributed by atoms with van der Waals surface area (Å²) in [6.45, 7) is -5.04. The van der Waals surface area contributed by atoms with Gasteiger partial charge in [-0.1, -0.05) is 29.8 Å². The van der Waals surface area contributed by atoms with Gasteiger partial charge >= 0.3 is 58.4 Å². The van der Waals surface area contributed by atoms with E-state index in [2.05, 4.69) is 0 Å². The molecule has 1 rings (SSSR count). The molecular weight excluding hydrogens is 242 g/mol. The monoisotopic (exact) mass is 246 g/mol. The molecule has 0 aliphatic rings. The first-order valence-corrected chi connectivity index (χ1v) is 3.77. The Morgan fingerprint density at radius 1 is 1.29 bits per heavy atom. The third kappa shape index (κ3) is 3.68. The zero-order chi connectivity index (χ0) is 10.1. The van der Waals surface area contributed by atoms with Crippen molar-refractivity contribution in [3.05, 3.63) is 28.8 Å². The van der Waals surface area contributed by atoms with Crippen LogP contribution in [0.1, 0.15) is 10.4 Å². The molecule has 1 aromatic rings. The van der Waals surface area contributed by atoms with Gasteiger partial charge in [0.2, 0.25) is 0 Å². The molecule has 0 heterocycles. The number of hydrogen-bond acceptors (Lipinski definition) is 1. The molecule has 14 heavy (non-hydrogen) atoms. The second kappa shape index (κ2) is 5.67. The van der Waals surface area contributed by atoms with Gasteiger partial charge in [0.25, 0.3) is 0 Å². The van der Waals surface area contributed by atoms with Crippen molar-refractivity contribution in [3.63, 3.8) is 0 Å². The second-order valence-corrected chi connectivity index (χ2v) is 2.88. The van der Waals surface area contributed by atoms with Crippen molar-refractivity contribution >= 4 is 30.3 Å². The Morgan fingerprint density at radius 3 is 2.21 bits per heavy atom. The summed E-state index contributed by atoms with van der Waals surface area (Å²) in [6.07, 6.45) is 0.412. The minimum absolute atomic E-state index is 0. The number of benzene rings is 1. The van der Waals surface area contributed by atoms with Crippen molar-refractivity contribution in [2.24, 2.45) is 0 Å². The molecule has 0 fully saturated rings. The molecule has 1 nitrogen and oxygen atoms in total. The molecule has 0 aliphatic carbocycles. The zero-order valence-corrected chi connectivity index (χ0v) is 11.2. The quantitative estimate of drug-likeness (QED) is 0.494. The Labute approximate surface area is 126 Å². The Balaban J connectivity index is 0.00000169. The summed E-state index contributed by atoms with van der Waals surface area (Å²) in [5, 5.41) is -0.174. The van der Waals surface area contributed by atoms with Gasteiger partial charge in [-0.25, -0.2) is 0 Å². The Morgan fingerprint density at radius 2 is 1.86 bits per heavy atom. The summed E-state index contributed by atoms with van der Waals surface area (Å²) in [5.74, 6) is 0. The molecule has 0 unspecified atom stereocenters. The van der Waals surface area contributed by atoms with Gasteiger partial charge in [0.15, 0.2) is 6.29 Å². The van der Waals surface area contributed by atoms with Gasteiger partial charge in [-0.05, 0) is 0 Å². The van der Waals surface area contributed by atoms with Gasteiger partial charge in [0, 0.05) is 10.6 Å². The Bertz CT molecular complexity index is 342. The third-order valence-corrected chi connectivity index (χ3v) is 1.86. The number of aldehydes is 1. The maximum atomic E-state index is 12.1. The summed E-state index contributed by atoms with van der Waals surface area (Å²) >= 11 is 5.41. The first kappa shape index (κ1) is 14.7. The van der Waals surface area contributed by atoms with Crippen molar-refractivity contribution in [1.29, 1.82) is 0 Å². The molecule has 7 heteroatoms. The molecule has 0 radical (unpaired) electrons. The van der Waals surface area contributed by atoms with E-state index in [1.807, 2.05) is 0 Å². The number of carbonyl (C=O) groups is 1. The van der Waals surface area contributed by atoms with Crippen LogP contribution in [-0.2, 0) is 0 Å². The molecule has 0 saturated heterocycles. The van der Waals surface area contributed by atoms with E-state index in [0.717, 1.165) is 18.2 Å². The summed E-state index contributed by atoms with van der Waals surface area (Å²) in [5.41, 5.74) is -0.735. The van der Waals surface area contributed by atoms with Crippen molar-refractivity contribution in [2.45, 2.75) is 0 Å². The van der Waals surface area contributed by atoms with Crippen LogP contribution in [0.5, 0.6) is 0 Å². The van der Waals surface area contributed by atoms with Crippen LogP contribution in [-0.4, -0.2) is 13.3 Å². The van der Waals surface area contributed by atoms with Crippen molar-refractivity contribution in [2.75, 3.05) is 0 Å². The average Bonchev–Trinajstić information content (AvgIpc) is 2.02. The fraction of sp³-hybridized carbons (Fsp3) is 0. The average molecular weight is 246 g/mol. The van der Waals surface area contributed by atoms with Crippen LogP contribution in [0.3, 0.4) is 0 Å². The van der Waals surface area contributed by atoms with Crippen LogP contribution in [0.2, 0.25) is 5.02 Å². The molecule has 0 bridgehead atoms. The summed E-state index contributed by atoms with van der Waals surface area (Å²) in [7, 11) is 0. The molecule has 0 saturated carbocycles. The third-order valence-electron chi connectivity index (χ3n) is 1.53. The minimum Gasteiger partial charge on any atom is -0.445 e. The summed E-state index contributed by atoms with van der Waals surface area (Å²) in [6, 6.07) is 2.65. The van der Waals surface area contributed by atoms with Gasteiger partial charge in [-0.2, -0.15) is 0 Å². The maximum absolute atomic E-state index is 12.1. The minimum atomic E-state index is -5.04. The number of halogens is 4. The van der Waals surface area contributed by atoms with E-state index in [4.69, 9.17) is 11.6 Å². The van der Waals surface area contributed by atoms with E-state index in [1.54, 1.807) is 0 Å². The smallest absolute Gasteiger partial charge is 0.445 e.